The van der Waals surface area contributed by atoms with Crippen molar-refractivity contribution in [2.24, 2.45) is 0 Å². The van der Waals surface area contributed by atoms with Crippen LogP contribution in [0.4, 0.5) is 0 Å². The SMILES string of the molecule is O=C1c2cccc3c2c(cc2nccnc23)C(=O)N1CCNCCCNCCN1C(=O)c2cccc3c2c(cc2nccnc23)C1=O. The zero-order chi connectivity index (χ0) is 32.1. The maximum absolute atomic E-state index is 13.4. The summed E-state index contributed by atoms with van der Waals surface area (Å²) in [5.74, 6) is -1.31. The Labute approximate surface area is 267 Å². The first-order chi connectivity index (χ1) is 23.0. The highest BCUT2D eigenvalue weighted by atomic mass is 16.2. The molecule has 2 aromatic heterocycles. The number of nitrogens with one attached hydrogen (secondary N) is 2. The van der Waals surface area contributed by atoms with Crippen LogP contribution in [0, 0.1) is 0 Å². The second-order valence-corrected chi connectivity index (χ2v) is 11.5. The molecular weight excluding hydrogens is 596 g/mol. The number of benzene rings is 4. The van der Waals surface area contributed by atoms with E-state index in [-0.39, 0.29) is 36.7 Å². The van der Waals surface area contributed by atoms with Crippen molar-refractivity contribution < 1.29 is 19.2 Å². The summed E-state index contributed by atoms with van der Waals surface area (Å²) in [5, 5.41) is 9.36. The van der Waals surface area contributed by atoms with Crippen LogP contribution < -0.4 is 10.6 Å². The van der Waals surface area contributed by atoms with Crippen LogP contribution in [0.25, 0.3) is 43.6 Å². The molecular formula is C35H28N8O4. The molecule has 8 rings (SSSR count). The zero-order valence-corrected chi connectivity index (χ0v) is 25.2. The zero-order valence-electron chi connectivity index (χ0n) is 25.2. The number of hydrogen-bond acceptors (Lipinski definition) is 10. The van der Waals surface area contributed by atoms with Crippen LogP contribution in [0.3, 0.4) is 0 Å². The van der Waals surface area contributed by atoms with Crippen LogP contribution in [-0.2, 0) is 0 Å². The van der Waals surface area contributed by atoms with Gasteiger partial charge < -0.3 is 10.6 Å². The number of fused-ring (bicyclic) bond motifs is 4. The van der Waals surface area contributed by atoms with Gasteiger partial charge >= 0.3 is 0 Å². The summed E-state index contributed by atoms with van der Waals surface area (Å²) < 4.78 is 0. The lowest BCUT2D eigenvalue weighted by Crippen LogP contribution is -2.44. The molecule has 2 aliphatic heterocycles. The second-order valence-electron chi connectivity index (χ2n) is 11.5. The summed E-state index contributed by atoms with van der Waals surface area (Å²) in [6.07, 6.45) is 7.14. The van der Waals surface area contributed by atoms with Crippen LogP contribution >= 0.6 is 0 Å². The summed E-state index contributed by atoms with van der Waals surface area (Å²) in [6, 6.07) is 14.3. The Hall–Kier alpha value is -5.72. The summed E-state index contributed by atoms with van der Waals surface area (Å²) in [4.78, 5) is 73.6. The molecule has 0 radical (unpaired) electrons. The topological polar surface area (TPSA) is 150 Å². The van der Waals surface area contributed by atoms with E-state index in [1.165, 1.54) is 9.80 Å². The van der Waals surface area contributed by atoms with E-state index in [1.807, 2.05) is 12.1 Å². The van der Waals surface area contributed by atoms with E-state index in [9.17, 15) is 19.2 Å². The monoisotopic (exact) mass is 624 g/mol. The molecule has 0 unspecified atom stereocenters. The Bertz CT molecular complexity index is 2140. The number of imide groups is 2. The molecule has 2 aliphatic rings. The quantitative estimate of drug-likeness (QED) is 0.132. The van der Waals surface area contributed by atoms with Gasteiger partial charge in [0.1, 0.15) is 0 Å². The molecule has 2 N–H and O–H groups in total. The summed E-state index contributed by atoms with van der Waals surface area (Å²) in [6.45, 7) is 2.65. The van der Waals surface area contributed by atoms with Gasteiger partial charge in [-0.25, -0.2) is 0 Å². The minimum atomic E-state index is -0.337. The third kappa shape index (κ3) is 4.68. The number of carbonyl (C=O) groups excluding carboxylic acids is 4. The first-order valence-electron chi connectivity index (χ1n) is 15.5. The van der Waals surface area contributed by atoms with Gasteiger partial charge in [0.15, 0.2) is 0 Å². The average molecular weight is 625 g/mol. The summed E-state index contributed by atoms with van der Waals surface area (Å²) in [7, 11) is 0. The van der Waals surface area contributed by atoms with Gasteiger partial charge in [0, 0.05) is 83.6 Å². The summed E-state index contributed by atoms with van der Waals surface area (Å²) in [5.41, 5.74) is 4.45. The normalized spacial score (nSPS) is 14.4. The first-order valence-corrected chi connectivity index (χ1v) is 15.5. The molecule has 0 fully saturated rings. The van der Waals surface area contributed by atoms with Gasteiger partial charge in [-0.2, -0.15) is 0 Å². The molecule has 0 bridgehead atoms. The predicted molar refractivity (Wildman–Crippen MR) is 175 cm³/mol. The molecule has 6 aromatic rings. The third-order valence-corrected chi connectivity index (χ3v) is 8.83. The van der Waals surface area contributed by atoms with Crippen molar-refractivity contribution in [2.45, 2.75) is 6.42 Å². The van der Waals surface area contributed by atoms with Gasteiger partial charge in [0.25, 0.3) is 23.6 Å². The van der Waals surface area contributed by atoms with Crippen molar-refractivity contribution in [3.63, 3.8) is 0 Å². The fourth-order valence-electron chi connectivity index (χ4n) is 6.66. The van der Waals surface area contributed by atoms with Gasteiger partial charge in [-0.1, -0.05) is 24.3 Å². The van der Waals surface area contributed by atoms with Crippen molar-refractivity contribution in [1.82, 2.24) is 40.4 Å². The predicted octanol–water partition coefficient (Wildman–Crippen LogP) is 3.34. The molecule has 4 amide bonds. The van der Waals surface area contributed by atoms with Crippen molar-refractivity contribution >= 4 is 67.2 Å². The third-order valence-electron chi connectivity index (χ3n) is 8.83. The fourth-order valence-corrected chi connectivity index (χ4v) is 6.66. The van der Waals surface area contributed by atoms with E-state index in [0.29, 0.717) is 81.3 Å². The van der Waals surface area contributed by atoms with E-state index in [4.69, 9.17) is 0 Å². The molecule has 47 heavy (non-hydrogen) atoms. The highest BCUT2D eigenvalue weighted by molar-refractivity contribution is 6.29. The molecule has 0 saturated carbocycles. The molecule has 0 atom stereocenters. The number of aromatic nitrogens is 4. The highest BCUT2D eigenvalue weighted by Gasteiger charge is 2.34. The largest absolute Gasteiger partial charge is 0.315 e. The van der Waals surface area contributed by atoms with E-state index in [2.05, 4.69) is 30.6 Å². The molecule has 0 saturated heterocycles. The van der Waals surface area contributed by atoms with Crippen LogP contribution in [0.15, 0.2) is 73.3 Å². The number of hydrogen-bond donors (Lipinski definition) is 2. The lowest BCUT2D eigenvalue weighted by atomic mass is 9.93. The first kappa shape index (κ1) is 28.7. The lowest BCUT2D eigenvalue weighted by Gasteiger charge is -2.27. The summed E-state index contributed by atoms with van der Waals surface area (Å²) >= 11 is 0. The number of carbonyl (C=O) groups is 4. The standard InChI is InChI=1S/C35H28N8O4/c44-32-22-6-1-4-20-28(22)24(18-26-30(20)40-12-10-38-26)34(46)42(32)16-14-36-8-3-9-37-15-17-43-33(45)23-7-2-5-21-29(23)25(35(43)47)19-27-31(21)41-13-11-39-27/h1-2,4-7,10-13,18-19,36-37H,3,8-9,14-17H2. The second kappa shape index (κ2) is 11.6. The molecule has 4 heterocycles. The van der Waals surface area contributed by atoms with Crippen molar-refractivity contribution in [3.05, 3.63) is 95.6 Å². The Morgan fingerprint density at radius 3 is 1.40 bits per heavy atom. The van der Waals surface area contributed by atoms with E-state index in [0.717, 1.165) is 17.2 Å². The number of nitrogens with zero attached hydrogens (tertiary/aromatic N) is 6. The molecule has 0 spiro atoms. The maximum Gasteiger partial charge on any atom is 0.261 e. The van der Waals surface area contributed by atoms with Crippen molar-refractivity contribution in [2.75, 3.05) is 39.3 Å². The van der Waals surface area contributed by atoms with Gasteiger partial charge in [0.05, 0.1) is 33.2 Å². The fraction of sp³-hybridized carbons (Fsp3) is 0.200. The van der Waals surface area contributed by atoms with Gasteiger partial charge in [-0.3, -0.25) is 48.9 Å². The Kier molecular flexibility index (Phi) is 7.08. The maximum atomic E-state index is 13.4. The van der Waals surface area contributed by atoms with E-state index >= 15 is 0 Å². The van der Waals surface area contributed by atoms with Gasteiger partial charge in [-0.15, -0.1) is 0 Å². The van der Waals surface area contributed by atoms with Crippen LogP contribution in [0.5, 0.6) is 0 Å². The number of amides is 4. The van der Waals surface area contributed by atoms with E-state index < -0.39 is 0 Å². The molecule has 0 aliphatic carbocycles. The smallest absolute Gasteiger partial charge is 0.261 e. The van der Waals surface area contributed by atoms with Crippen LogP contribution in [0.1, 0.15) is 47.9 Å². The number of rotatable bonds is 10. The van der Waals surface area contributed by atoms with Crippen molar-refractivity contribution in [1.29, 1.82) is 0 Å². The molecule has 232 valence electrons. The molecule has 4 aromatic carbocycles. The lowest BCUT2D eigenvalue weighted by molar-refractivity contribution is 0.0597. The highest BCUT2D eigenvalue weighted by Crippen LogP contribution is 2.35. The Morgan fingerprint density at radius 1 is 0.511 bits per heavy atom. The van der Waals surface area contributed by atoms with Gasteiger partial charge in [0.2, 0.25) is 0 Å². The Balaban J connectivity index is 0.834. The minimum Gasteiger partial charge on any atom is -0.315 e. The van der Waals surface area contributed by atoms with Crippen LogP contribution in [0.2, 0.25) is 0 Å². The molecule has 12 nitrogen and oxygen atoms in total. The van der Waals surface area contributed by atoms with Crippen molar-refractivity contribution in [3.8, 4) is 0 Å². The van der Waals surface area contributed by atoms with Crippen LogP contribution in [-0.4, -0.2) is 92.6 Å². The molecule has 12 heteroatoms. The minimum absolute atomic E-state index is 0.230. The Morgan fingerprint density at radius 2 is 0.936 bits per heavy atom. The average Bonchev–Trinajstić information content (AvgIpc) is 3.10. The van der Waals surface area contributed by atoms with E-state index in [1.54, 1.807) is 61.2 Å². The van der Waals surface area contributed by atoms with Gasteiger partial charge in [-0.05, 0) is 43.8 Å².